The lowest BCUT2D eigenvalue weighted by Crippen LogP contribution is -2.03. The highest BCUT2D eigenvalue weighted by Gasteiger charge is 2.25. The first-order valence-electron chi connectivity index (χ1n) is 17.0. The van der Waals surface area contributed by atoms with Crippen LogP contribution in [-0.2, 0) is 0 Å². The Kier molecular flexibility index (Phi) is 6.59. The number of rotatable bonds is 5. The molecule has 0 spiro atoms. The number of fused-ring (bicyclic) bond motifs is 6. The van der Waals surface area contributed by atoms with Gasteiger partial charge in [0.15, 0.2) is 0 Å². The molecule has 0 saturated heterocycles. The highest BCUT2D eigenvalue weighted by Crippen LogP contribution is 2.41. The van der Waals surface area contributed by atoms with Gasteiger partial charge < -0.3 is 8.83 Å². The molecule has 0 saturated carbocycles. The molecule has 0 N–H and O–H groups in total. The summed E-state index contributed by atoms with van der Waals surface area (Å²) in [7, 11) is 0. The highest BCUT2D eigenvalue weighted by molar-refractivity contribution is 6.09. The van der Waals surface area contributed by atoms with Crippen LogP contribution in [0.2, 0.25) is 0 Å². The van der Waals surface area contributed by atoms with Crippen LogP contribution in [0.15, 0.2) is 167 Å². The molecule has 4 aromatic heterocycles. The summed E-state index contributed by atoms with van der Waals surface area (Å²) in [6, 6.07) is 48.7. The fourth-order valence-corrected chi connectivity index (χ4v) is 7.46. The zero-order valence-corrected chi connectivity index (χ0v) is 27.1. The van der Waals surface area contributed by atoms with E-state index in [1.807, 2.05) is 30.6 Å². The number of nitrogens with zero attached hydrogens (tertiary/aromatic N) is 2. The summed E-state index contributed by atoms with van der Waals surface area (Å²) >= 11 is 0. The lowest BCUT2D eigenvalue weighted by molar-refractivity contribution is 0.517. The summed E-state index contributed by atoms with van der Waals surface area (Å²) < 4.78 is 12.7. The van der Waals surface area contributed by atoms with Crippen LogP contribution in [0.5, 0.6) is 0 Å². The van der Waals surface area contributed by atoms with Crippen molar-refractivity contribution in [3.8, 4) is 44.8 Å². The number of aromatic nitrogens is 2. The predicted octanol–water partition coefficient (Wildman–Crippen LogP) is 12.3. The number of benzene rings is 5. The van der Waals surface area contributed by atoms with Crippen molar-refractivity contribution >= 4 is 39.0 Å². The van der Waals surface area contributed by atoms with Gasteiger partial charge in [-0.15, -0.1) is 0 Å². The Bertz CT molecular complexity index is 2730. The maximum absolute atomic E-state index is 6.36. The Morgan fingerprint density at radius 3 is 1.82 bits per heavy atom. The van der Waals surface area contributed by atoms with Crippen molar-refractivity contribution < 1.29 is 8.83 Å². The SMILES string of the molecule is C1=Cc2c(oc3ccccc23)C(c2ccc(-c3ccnc(-c4cc(-c5ccc(-c6cccc7c6oc6ccccc67)cc5)ccn4)c3)cc2)C1. The normalized spacial score (nSPS) is 14.0. The monoisotopic (exact) mass is 642 g/mol. The van der Waals surface area contributed by atoms with Crippen molar-refractivity contribution in [2.75, 3.05) is 0 Å². The molecule has 0 radical (unpaired) electrons. The van der Waals surface area contributed by atoms with Crippen LogP contribution >= 0.6 is 0 Å². The van der Waals surface area contributed by atoms with Crippen LogP contribution in [0.3, 0.4) is 0 Å². The third kappa shape index (κ3) is 4.76. The lowest BCUT2D eigenvalue weighted by Gasteiger charge is -2.18. The maximum atomic E-state index is 6.36. The van der Waals surface area contributed by atoms with E-state index in [9.17, 15) is 0 Å². The Labute approximate surface area is 289 Å². The molecule has 0 aliphatic heterocycles. The number of hydrogen-bond acceptors (Lipinski definition) is 4. The van der Waals surface area contributed by atoms with Gasteiger partial charge in [0.2, 0.25) is 0 Å². The molecule has 1 aliphatic carbocycles. The standard InChI is InChI=1S/C46H30N2O2/c1-3-13-43-37(7-1)39-11-5-9-35(45(39)49-43)31-19-15-29(16-20-31)33-23-25-47-41(27-33)42-28-34(24-26-48-42)30-17-21-32(22-18-30)36-10-6-12-40-38-8-2-4-14-44(38)50-46(36)40/h1-9,11-28,36H,10H2. The van der Waals surface area contributed by atoms with Gasteiger partial charge in [-0.2, -0.15) is 0 Å². The minimum Gasteiger partial charge on any atom is -0.460 e. The number of pyridine rings is 2. The van der Waals surface area contributed by atoms with Gasteiger partial charge in [-0.25, -0.2) is 0 Å². The first-order chi connectivity index (χ1) is 24.8. The molecule has 10 rings (SSSR count). The van der Waals surface area contributed by atoms with Crippen LogP contribution < -0.4 is 0 Å². The van der Waals surface area contributed by atoms with Crippen LogP contribution in [-0.4, -0.2) is 9.97 Å². The quantitative estimate of drug-likeness (QED) is 0.187. The van der Waals surface area contributed by atoms with E-state index < -0.39 is 0 Å². The zero-order chi connectivity index (χ0) is 33.0. The predicted molar refractivity (Wildman–Crippen MR) is 203 cm³/mol. The summed E-state index contributed by atoms with van der Waals surface area (Å²) in [6.07, 6.45) is 9.12. The van der Waals surface area contributed by atoms with Gasteiger partial charge in [0.25, 0.3) is 0 Å². The lowest BCUT2D eigenvalue weighted by atomic mass is 9.86. The van der Waals surface area contributed by atoms with Gasteiger partial charge in [0.05, 0.1) is 11.4 Å². The minimum atomic E-state index is 0.199. The second kappa shape index (κ2) is 11.6. The summed E-state index contributed by atoms with van der Waals surface area (Å²) in [5.41, 5.74) is 13.5. The van der Waals surface area contributed by atoms with Crippen molar-refractivity contribution in [1.29, 1.82) is 0 Å². The molecule has 4 heterocycles. The number of hydrogen-bond donors (Lipinski definition) is 0. The van der Waals surface area contributed by atoms with E-state index in [0.29, 0.717) is 0 Å². The number of para-hydroxylation sites is 3. The van der Waals surface area contributed by atoms with E-state index in [2.05, 4.69) is 133 Å². The van der Waals surface area contributed by atoms with Crippen LogP contribution in [0.25, 0.3) is 83.8 Å². The highest BCUT2D eigenvalue weighted by atomic mass is 16.3. The van der Waals surface area contributed by atoms with E-state index in [-0.39, 0.29) is 5.92 Å². The molecule has 1 unspecified atom stereocenters. The topological polar surface area (TPSA) is 52.1 Å². The molecule has 4 nitrogen and oxygen atoms in total. The van der Waals surface area contributed by atoms with E-state index in [4.69, 9.17) is 18.8 Å². The van der Waals surface area contributed by atoms with E-state index >= 15 is 0 Å². The number of furan rings is 2. The van der Waals surface area contributed by atoms with Gasteiger partial charge in [-0.1, -0.05) is 115 Å². The Morgan fingerprint density at radius 2 is 1.10 bits per heavy atom. The molecule has 0 fully saturated rings. The molecule has 9 aromatic rings. The third-order valence-corrected chi connectivity index (χ3v) is 10.00. The second-order valence-electron chi connectivity index (χ2n) is 12.9. The molecule has 4 heteroatoms. The summed E-state index contributed by atoms with van der Waals surface area (Å²) in [5.74, 6) is 1.25. The van der Waals surface area contributed by atoms with Crippen molar-refractivity contribution in [2.45, 2.75) is 12.3 Å². The van der Waals surface area contributed by atoms with Gasteiger partial charge in [-0.05, 0) is 76.2 Å². The van der Waals surface area contributed by atoms with Gasteiger partial charge >= 0.3 is 0 Å². The summed E-state index contributed by atoms with van der Waals surface area (Å²) in [6.45, 7) is 0. The van der Waals surface area contributed by atoms with Crippen molar-refractivity contribution in [1.82, 2.24) is 9.97 Å². The van der Waals surface area contributed by atoms with E-state index in [1.54, 1.807) is 0 Å². The molecule has 0 amide bonds. The Balaban J connectivity index is 0.918. The van der Waals surface area contributed by atoms with Gasteiger partial charge in [0, 0.05) is 45.6 Å². The van der Waals surface area contributed by atoms with Crippen LogP contribution in [0.4, 0.5) is 0 Å². The molecular weight excluding hydrogens is 613 g/mol. The van der Waals surface area contributed by atoms with Gasteiger partial charge in [-0.3, -0.25) is 9.97 Å². The summed E-state index contributed by atoms with van der Waals surface area (Å²) in [5, 5.41) is 3.45. The molecule has 1 atom stereocenters. The molecule has 50 heavy (non-hydrogen) atoms. The smallest absolute Gasteiger partial charge is 0.143 e. The fourth-order valence-electron chi connectivity index (χ4n) is 7.46. The molecule has 236 valence electrons. The first-order valence-corrected chi connectivity index (χ1v) is 17.0. The van der Waals surface area contributed by atoms with E-state index in [1.165, 1.54) is 16.5 Å². The van der Waals surface area contributed by atoms with Gasteiger partial charge in [0.1, 0.15) is 22.5 Å². The van der Waals surface area contributed by atoms with Crippen LogP contribution in [0, 0.1) is 0 Å². The largest absolute Gasteiger partial charge is 0.460 e. The molecule has 1 aliphatic rings. The fraction of sp³-hybridized carbons (Fsp3) is 0.0435. The molecule has 5 aromatic carbocycles. The maximum Gasteiger partial charge on any atom is 0.143 e. The Morgan fingerprint density at radius 1 is 0.500 bits per heavy atom. The van der Waals surface area contributed by atoms with E-state index in [0.717, 1.165) is 84.5 Å². The average Bonchev–Trinajstić information content (AvgIpc) is 3.77. The van der Waals surface area contributed by atoms with Crippen molar-refractivity contribution in [2.24, 2.45) is 0 Å². The second-order valence-corrected chi connectivity index (χ2v) is 12.9. The minimum absolute atomic E-state index is 0.199. The number of allylic oxidation sites excluding steroid dienone is 1. The average molecular weight is 643 g/mol. The zero-order valence-electron chi connectivity index (χ0n) is 27.1. The summed E-state index contributed by atoms with van der Waals surface area (Å²) in [4.78, 5) is 9.43. The van der Waals surface area contributed by atoms with Crippen LogP contribution in [0.1, 0.15) is 29.2 Å². The Hall–Kier alpha value is -6.52. The molecular formula is C46H30N2O2. The first kappa shape index (κ1) is 28.5. The van der Waals surface area contributed by atoms with Crippen molar-refractivity contribution in [3.63, 3.8) is 0 Å². The molecule has 0 bridgehead atoms. The third-order valence-electron chi connectivity index (χ3n) is 10.00. The van der Waals surface area contributed by atoms with Crippen molar-refractivity contribution in [3.05, 3.63) is 175 Å².